The molecule has 0 aliphatic rings. The van der Waals surface area contributed by atoms with E-state index in [9.17, 15) is 19.8 Å². The lowest BCUT2D eigenvalue weighted by Gasteiger charge is -2.20. The standard InChI is InChI=1S/C87H167NO5/c1-3-5-7-9-11-13-15-17-19-21-23-24-25-35-38-41-44-47-51-55-59-63-67-71-75-79-85(90)84(83-89)88-86(91)80-76-72-68-64-60-56-52-48-45-42-39-36-33-31-29-27-26-28-30-32-34-37-40-43-46-50-54-58-62-66-70-74-78-82-93-87(92)81-77-73-69-65-61-57-53-49-22-20-18-16-14-12-10-8-6-4-2/h14,16,20,22,75,79,84-85,89-90H,3-13,15,17-19,21,23-74,76-78,80-83H2,1-2H3,(H,88,91)/b16-14-,22-20-,79-75+. The monoisotopic (exact) mass is 1310 g/mol. The number of aliphatic hydroxyl groups is 2. The van der Waals surface area contributed by atoms with Crippen molar-refractivity contribution in [3.8, 4) is 0 Å². The number of amides is 1. The minimum absolute atomic E-state index is 0.0151. The Morgan fingerprint density at radius 3 is 0.828 bits per heavy atom. The van der Waals surface area contributed by atoms with Gasteiger partial charge in [-0.1, -0.05) is 442 Å². The molecule has 6 nitrogen and oxygen atoms in total. The van der Waals surface area contributed by atoms with E-state index in [1.54, 1.807) is 6.08 Å². The van der Waals surface area contributed by atoms with Gasteiger partial charge in [-0.05, 0) is 64.2 Å². The van der Waals surface area contributed by atoms with Crippen molar-refractivity contribution >= 4 is 11.9 Å². The van der Waals surface area contributed by atoms with Gasteiger partial charge in [-0.25, -0.2) is 0 Å². The van der Waals surface area contributed by atoms with Crippen LogP contribution < -0.4 is 5.32 Å². The molecule has 6 heteroatoms. The van der Waals surface area contributed by atoms with Crippen LogP contribution in [0.5, 0.6) is 0 Å². The van der Waals surface area contributed by atoms with E-state index >= 15 is 0 Å². The van der Waals surface area contributed by atoms with Crippen LogP contribution in [0.15, 0.2) is 36.5 Å². The molecule has 0 aliphatic heterocycles. The number of carbonyl (C=O) groups is 2. The van der Waals surface area contributed by atoms with Crippen LogP contribution in [0.1, 0.15) is 483 Å². The maximum Gasteiger partial charge on any atom is 0.305 e. The zero-order valence-corrected chi connectivity index (χ0v) is 63.3. The Balaban J connectivity index is 3.34. The van der Waals surface area contributed by atoms with Gasteiger partial charge in [-0.15, -0.1) is 0 Å². The van der Waals surface area contributed by atoms with Gasteiger partial charge < -0.3 is 20.3 Å². The summed E-state index contributed by atoms with van der Waals surface area (Å²) in [6, 6.07) is -0.626. The van der Waals surface area contributed by atoms with Gasteiger partial charge in [0.25, 0.3) is 0 Å². The zero-order valence-electron chi connectivity index (χ0n) is 63.3. The van der Waals surface area contributed by atoms with E-state index < -0.39 is 12.1 Å². The summed E-state index contributed by atoms with van der Waals surface area (Å²) in [5, 5.41) is 23.3. The highest BCUT2D eigenvalue weighted by Crippen LogP contribution is 2.21. The van der Waals surface area contributed by atoms with Crippen LogP contribution >= 0.6 is 0 Å². The number of allylic oxidation sites excluding steroid dienone is 5. The van der Waals surface area contributed by atoms with Gasteiger partial charge in [0.15, 0.2) is 0 Å². The summed E-state index contributed by atoms with van der Waals surface area (Å²) in [7, 11) is 0. The van der Waals surface area contributed by atoms with Gasteiger partial charge in [-0.3, -0.25) is 9.59 Å². The number of aliphatic hydroxyl groups excluding tert-OH is 2. The molecule has 0 spiro atoms. The minimum Gasteiger partial charge on any atom is -0.466 e. The average molecular weight is 1310 g/mol. The molecule has 0 aromatic heterocycles. The second-order valence-electron chi connectivity index (χ2n) is 29.5. The summed E-state index contributed by atoms with van der Waals surface area (Å²) < 4.78 is 5.51. The number of hydrogen-bond donors (Lipinski definition) is 3. The van der Waals surface area contributed by atoms with Crippen molar-refractivity contribution < 1.29 is 24.5 Å². The maximum absolute atomic E-state index is 12.6. The van der Waals surface area contributed by atoms with Crippen molar-refractivity contribution in [1.82, 2.24) is 5.32 Å². The van der Waals surface area contributed by atoms with E-state index in [4.69, 9.17) is 4.74 Å². The molecule has 0 radical (unpaired) electrons. The SMILES string of the molecule is CCCCCC/C=C\C/C=C\CCCCCCCCCC(=O)OCCCCCCCCCCCCCCCCCCCCCCCCCCCCCCCCCCCC(=O)NC(CO)C(O)/C=C/CCCCCCCCCCCCCCCCCCCCCCCCC. The molecule has 3 N–H and O–H groups in total. The third kappa shape index (κ3) is 79.0. The molecule has 0 saturated carbocycles. The molecular formula is C87H167NO5. The molecule has 2 atom stereocenters. The molecule has 0 aliphatic carbocycles. The lowest BCUT2D eigenvalue weighted by atomic mass is 10.0. The first-order chi connectivity index (χ1) is 46.0. The molecule has 0 aromatic carbocycles. The van der Waals surface area contributed by atoms with Crippen LogP contribution in [0, 0.1) is 0 Å². The third-order valence-corrected chi connectivity index (χ3v) is 20.2. The number of hydrogen-bond acceptors (Lipinski definition) is 5. The van der Waals surface area contributed by atoms with E-state index in [2.05, 4.69) is 43.5 Å². The second-order valence-corrected chi connectivity index (χ2v) is 29.5. The summed E-state index contributed by atoms with van der Waals surface area (Å²) in [5.74, 6) is -0.0425. The van der Waals surface area contributed by atoms with Crippen molar-refractivity contribution in [3.05, 3.63) is 36.5 Å². The number of rotatable bonds is 81. The first-order valence-corrected chi connectivity index (χ1v) is 42.8. The second kappa shape index (κ2) is 82.5. The highest BCUT2D eigenvalue weighted by Gasteiger charge is 2.18. The topological polar surface area (TPSA) is 95.9 Å². The summed E-state index contributed by atoms with van der Waals surface area (Å²) in [6.45, 7) is 4.94. The molecule has 0 aromatic rings. The summed E-state index contributed by atoms with van der Waals surface area (Å²) in [6.07, 6.45) is 109. The predicted octanol–water partition coefficient (Wildman–Crippen LogP) is 28.6. The lowest BCUT2D eigenvalue weighted by molar-refractivity contribution is -0.143. The van der Waals surface area contributed by atoms with Crippen LogP contribution in [0.25, 0.3) is 0 Å². The smallest absolute Gasteiger partial charge is 0.305 e. The van der Waals surface area contributed by atoms with E-state index in [1.807, 2.05) is 6.08 Å². The van der Waals surface area contributed by atoms with Gasteiger partial charge in [-0.2, -0.15) is 0 Å². The van der Waals surface area contributed by atoms with Crippen molar-refractivity contribution in [3.63, 3.8) is 0 Å². The molecule has 0 saturated heterocycles. The fourth-order valence-electron chi connectivity index (χ4n) is 13.7. The summed E-state index contributed by atoms with van der Waals surface area (Å²) in [5.41, 5.74) is 0. The first-order valence-electron chi connectivity index (χ1n) is 42.8. The number of carbonyl (C=O) groups excluding carboxylic acids is 2. The van der Waals surface area contributed by atoms with Gasteiger partial charge in [0, 0.05) is 12.8 Å². The Bertz CT molecular complexity index is 1510. The van der Waals surface area contributed by atoms with E-state index in [-0.39, 0.29) is 18.5 Å². The number of ether oxygens (including phenoxy) is 1. The molecule has 93 heavy (non-hydrogen) atoms. The number of esters is 1. The molecule has 0 fully saturated rings. The van der Waals surface area contributed by atoms with Gasteiger partial charge in [0.1, 0.15) is 0 Å². The zero-order chi connectivity index (χ0) is 67.0. The normalized spacial score (nSPS) is 12.6. The Kier molecular flexibility index (Phi) is 80.8. The number of unbranched alkanes of at least 4 members (excludes halogenated alkanes) is 66. The minimum atomic E-state index is -0.843. The van der Waals surface area contributed by atoms with Crippen LogP contribution in [0.2, 0.25) is 0 Å². The molecule has 1 amide bonds. The highest BCUT2D eigenvalue weighted by molar-refractivity contribution is 5.76. The van der Waals surface area contributed by atoms with E-state index in [1.165, 1.54) is 405 Å². The Hall–Kier alpha value is -1.92. The lowest BCUT2D eigenvalue weighted by Crippen LogP contribution is -2.45. The summed E-state index contributed by atoms with van der Waals surface area (Å²) >= 11 is 0. The van der Waals surface area contributed by atoms with Gasteiger partial charge in [0.05, 0.1) is 25.4 Å². The van der Waals surface area contributed by atoms with E-state index in [0.29, 0.717) is 19.4 Å². The molecule has 0 heterocycles. The fraction of sp³-hybridized carbons (Fsp3) is 0.908. The molecule has 2 unspecified atom stereocenters. The summed E-state index contributed by atoms with van der Waals surface area (Å²) in [4.78, 5) is 24.7. The van der Waals surface area contributed by atoms with Crippen LogP contribution in [-0.2, 0) is 14.3 Å². The van der Waals surface area contributed by atoms with Crippen LogP contribution in [0.4, 0.5) is 0 Å². The largest absolute Gasteiger partial charge is 0.466 e. The number of nitrogens with one attached hydrogen (secondary N) is 1. The van der Waals surface area contributed by atoms with Crippen LogP contribution in [-0.4, -0.2) is 47.4 Å². The molecule has 0 rings (SSSR count). The quantitative estimate of drug-likeness (QED) is 0.0320. The van der Waals surface area contributed by atoms with Crippen molar-refractivity contribution in [2.45, 2.75) is 495 Å². The van der Waals surface area contributed by atoms with Crippen molar-refractivity contribution in [1.29, 1.82) is 0 Å². The Morgan fingerprint density at radius 1 is 0.301 bits per heavy atom. The van der Waals surface area contributed by atoms with E-state index in [0.717, 1.165) is 51.4 Å². The Labute approximate surface area is 583 Å². The van der Waals surface area contributed by atoms with Crippen molar-refractivity contribution in [2.75, 3.05) is 13.2 Å². The Morgan fingerprint density at radius 2 is 0.538 bits per heavy atom. The fourth-order valence-corrected chi connectivity index (χ4v) is 13.7. The van der Waals surface area contributed by atoms with Gasteiger partial charge in [0.2, 0.25) is 5.91 Å². The van der Waals surface area contributed by atoms with Crippen molar-refractivity contribution in [2.24, 2.45) is 0 Å². The molecule has 550 valence electrons. The van der Waals surface area contributed by atoms with Crippen LogP contribution in [0.3, 0.4) is 0 Å². The first kappa shape index (κ1) is 91.1. The maximum atomic E-state index is 12.6. The third-order valence-electron chi connectivity index (χ3n) is 20.2. The van der Waals surface area contributed by atoms with Gasteiger partial charge >= 0.3 is 5.97 Å². The highest BCUT2D eigenvalue weighted by atomic mass is 16.5. The average Bonchev–Trinajstić information content (AvgIpc) is 3.78. The molecular weight excluding hydrogens is 1140 g/mol. The predicted molar refractivity (Wildman–Crippen MR) is 412 cm³/mol. The molecule has 0 bridgehead atoms.